The van der Waals surface area contributed by atoms with Gasteiger partial charge in [0.1, 0.15) is 0 Å². The standard InChI is InChI=1S/C19H22O4/c1-12(7-14-3-5-16(20)17(21)9-14)13(2)8-15-4-6-18-19(10-15)23-11-22-18/h3-6,9-10,12-13,20-21H,7-8,11H2,1-2H3. The van der Waals surface area contributed by atoms with E-state index in [-0.39, 0.29) is 11.5 Å². The highest BCUT2D eigenvalue weighted by molar-refractivity contribution is 5.44. The highest BCUT2D eigenvalue weighted by Gasteiger charge is 2.17. The molecule has 2 N–H and O–H groups in total. The minimum absolute atomic E-state index is 0.0573. The molecule has 0 radical (unpaired) electrons. The van der Waals surface area contributed by atoms with Crippen LogP contribution in [0.3, 0.4) is 0 Å². The van der Waals surface area contributed by atoms with Crippen molar-refractivity contribution in [2.24, 2.45) is 11.8 Å². The molecule has 122 valence electrons. The van der Waals surface area contributed by atoms with E-state index in [4.69, 9.17) is 9.47 Å². The van der Waals surface area contributed by atoms with Gasteiger partial charge >= 0.3 is 0 Å². The molecule has 0 amide bonds. The van der Waals surface area contributed by atoms with Crippen molar-refractivity contribution in [1.29, 1.82) is 0 Å². The molecule has 2 aromatic rings. The number of phenolic OH excluding ortho intramolecular Hbond substituents is 2. The molecule has 2 aromatic carbocycles. The number of phenols is 2. The lowest BCUT2D eigenvalue weighted by molar-refractivity contribution is 0.174. The van der Waals surface area contributed by atoms with Crippen molar-refractivity contribution in [2.75, 3.05) is 6.79 Å². The van der Waals surface area contributed by atoms with E-state index < -0.39 is 0 Å². The molecule has 0 saturated heterocycles. The Balaban J connectivity index is 1.63. The summed E-state index contributed by atoms with van der Waals surface area (Å²) in [7, 11) is 0. The minimum atomic E-state index is -0.0742. The highest BCUT2D eigenvalue weighted by atomic mass is 16.7. The lowest BCUT2D eigenvalue weighted by atomic mass is 9.85. The molecule has 2 unspecified atom stereocenters. The molecule has 3 rings (SSSR count). The van der Waals surface area contributed by atoms with Crippen LogP contribution in [0.2, 0.25) is 0 Å². The van der Waals surface area contributed by atoms with Gasteiger partial charge in [0, 0.05) is 0 Å². The van der Waals surface area contributed by atoms with Gasteiger partial charge in [-0.15, -0.1) is 0 Å². The molecule has 0 aliphatic carbocycles. The first-order valence-corrected chi connectivity index (χ1v) is 7.92. The van der Waals surface area contributed by atoms with Gasteiger partial charge in [-0.3, -0.25) is 0 Å². The van der Waals surface area contributed by atoms with E-state index in [1.807, 2.05) is 12.1 Å². The average Bonchev–Trinajstić information content (AvgIpc) is 2.98. The van der Waals surface area contributed by atoms with Crippen molar-refractivity contribution in [3.63, 3.8) is 0 Å². The zero-order valence-electron chi connectivity index (χ0n) is 13.5. The normalized spacial score (nSPS) is 15.4. The number of rotatable bonds is 5. The Morgan fingerprint density at radius 3 is 2.13 bits per heavy atom. The quantitative estimate of drug-likeness (QED) is 0.822. The largest absolute Gasteiger partial charge is 0.504 e. The summed E-state index contributed by atoms with van der Waals surface area (Å²) in [6, 6.07) is 11.1. The Hall–Kier alpha value is -2.36. The maximum atomic E-state index is 9.60. The first-order chi connectivity index (χ1) is 11.0. The molecule has 1 aliphatic heterocycles. The smallest absolute Gasteiger partial charge is 0.231 e. The van der Waals surface area contributed by atoms with Gasteiger partial charge < -0.3 is 19.7 Å². The summed E-state index contributed by atoms with van der Waals surface area (Å²) in [5.74, 6) is 2.43. The molecular weight excluding hydrogens is 292 g/mol. The Labute approximate surface area is 136 Å². The molecule has 4 nitrogen and oxygen atoms in total. The lowest BCUT2D eigenvalue weighted by Gasteiger charge is -2.20. The minimum Gasteiger partial charge on any atom is -0.504 e. The summed E-state index contributed by atoms with van der Waals surface area (Å²) in [4.78, 5) is 0. The first-order valence-electron chi connectivity index (χ1n) is 7.92. The van der Waals surface area contributed by atoms with E-state index in [0.29, 0.717) is 18.6 Å². The lowest BCUT2D eigenvalue weighted by Crippen LogP contribution is -2.13. The van der Waals surface area contributed by atoms with Crippen LogP contribution in [0, 0.1) is 11.8 Å². The van der Waals surface area contributed by atoms with Crippen molar-refractivity contribution in [3.8, 4) is 23.0 Å². The number of benzene rings is 2. The number of fused-ring (bicyclic) bond motifs is 1. The van der Waals surface area contributed by atoms with Crippen molar-refractivity contribution in [1.82, 2.24) is 0 Å². The molecule has 23 heavy (non-hydrogen) atoms. The predicted molar refractivity (Wildman–Crippen MR) is 88.1 cm³/mol. The van der Waals surface area contributed by atoms with Gasteiger partial charge in [-0.1, -0.05) is 26.0 Å². The summed E-state index contributed by atoms with van der Waals surface area (Å²) >= 11 is 0. The third-order valence-electron chi connectivity index (χ3n) is 4.56. The van der Waals surface area contributed by atoms with Crippen LogP contribution in [0.1, 0.15) is 25.0 Å². The molecule has 0 bridgehead atoms. The van der Waals surface area contributed by atoms with Crippen molar-refractivity contribution < 1.29 is 19.7 Å². The molecule has 1 heterocycles. The van der Waals surface area contributed by atoms with Crippen molar-refractivity contribution in [2.45, 2.75) is 26.7 Å². The monoisotopic (exact) mass is 314 g/mol. The Morgan fingerprint density at radius 1 is 0.826 bits per heavy atom. The third kappa shape index (κ3) is 3.52. The second-order valence-electron chi connectivity index (χ2n) is 6.37. The molecule has 4 heteroatoms. The van der Waals surface area contributed by atoms with Crippen molar-refractivity contribution in [3.05, 3.63) is 47.5 Å². The van der Waals surface area contributed by atoms with E-state index in [1.165, 1.54) is 5.56 Å². The van der Waals surface area contributed by atoms with E-state index in [0.717, 1.165) is 29.9 Å². The van der Waals surface area contributed by atoms with Crippen molar-refractivity contribution >= 4 is 0 Å². The average molecular weight is 314 g/mol. The maximum Gasteiger partial charge on any atom is 0.231 e. The Kier molecular flexibility index (Phi) is 4.33. The van der Waals surface area contributed by atoms with Gasteiger partial charge in [0.15, 0.2) is 23.0 Å². The highest BCUT2D eigenvalue weighted by Crippen LogP contribution is 2.34. The van der Waals surface area contributed by atoms with E-state index in [1.54, 1.807) is 12.1 Å². The Morgan fingerprint density at radius 2 is 1.43 bits per heavy atom. The summed E-state index contributed by atoms with van der Waals surface area (Å²) < 4.78 is 10.8. The molecule has 0 fully saturated rings. The van der Waals surface area contributed by atoms with Gasteiger partial charge in [-0.05, 0) is 60.1 Å². The first kappa shape index (κ1) is 15.5. The SMILES string of the molecule is CC(Cc1ccc(O)c(O)c1)C(C)Cc1ccc2c(c1)OCO2. The predicted octanol–water partition coefficient (Wildman–Crippen LogP) is 3.88. The number of hydrogen-bond acceptors (Lipinski definition) is 4. The summed E-state index contributed by atoms with van der Waals surface area (Å²) in [6.45, 7) is 4.74. The number of ether oxygens (including phenoxy) is 2. The van der Waals surface area contributed by atoms with Gasteiger partial charge in [0.2, 0.25) is 6.79 Å². The maximum absolute atomic E-state index is 9.60. The zero-order chi connectivity index (χ0) is 16.4. The summed E-state index contributed by atoms with van der Waals surface area (Å²) in [6.07, 6.45) is 1.82. The fourth-order valence-electron chi connectivity index (χ4n) is 2.91. The summed E-state index contributed by atoms with van der Waals surface area (Å²) in [5.41, 5.74) is 2.27. The van der Waals surface area contributed by atoms with Crippen LogP contribution in [0.25, 0.3) is 0 Å². The topological polar surface area (TPSA) is 58.9 Å². The second-order valence-corrected chi connectivity index (χ2v) is 6.37. The fraction of sp³-hybridized carbons (Fsp3) is 0.368. The molecule has 2 atom stereocenters. The second kappa shape index (κ2) is 6.41. The number of hydrogen-bond donors (Lipinski definition) is 2. The molecule has 1 aliphatic rings. The third-order valence-corrected chi connectivity index (χ3v) is 4.56. The van der Waals surface area contributed by atoms with Crippen LogP contribution in [-0.4, -0.2) is 17.0 Å². The molecule has 0 spiro atoms. The fourth-order valence-corrected chi connectivity index (χ4v) is 2.91. The van der Waals surface area contributed by atoms with E-state index >= 15 is 0 Å². The molecule has 0 aromatic heterocycles. The molecule has 0 saturated carbocycles. The van der Waals surface area contributed by atoms with Crippen LogP contribution in [0.15, 0.2) is 36.4 Å². The van der Waals surface area contributed by atoms with E-state index in [9.17, 15) is 10.2 Å². The van der Waals surface area contributed by atoms with Gasteiger partial charge in [0.05, 0.1) is 0 Å². The van der Waals surface area contributed by atoms with Crippen LogP contribution < -0.4 is 9.47 Å². The van der Waals surface area contributed by atoms with Crippen LogP contribution in [0.4, 0.5) is 0 Å². The number of aromatic hydroxyl groups is 2. The van der Waals surface area contributed by atoms with Gasteiger partial charge in [-0.25, -0.2) is 0 Å². The van der Waals surface area contributed by atoms with Crippen LogP contribution >= 0.6 is 0 Å². The molecular formula is C19H22O4. The van der Waals surface area contributed by atoms with Crippen LogP contribution in [-0.2, 0) is 12.8 Å². The Bertz CT molecular complexity index is 696. The van der Waals surface area contributed by atoms with Gasteiger partial charge in [-0.2, -0.15) is 0 Å². The zero-order valence-corrected chi connectivity index (χ0v) is 13.5. The van der Waals surface area contributed by atoms with Gasteiger partial charge in [0.25, 0.3) is 0 Å². The van der Waals surface area contributed by atoms with E-state index in [2.05, 4.69) is 26.0 Å². The summed E-state index contributed by atoms with van der Waals surface area (Å²) in [5, 5.41) is 19.0. The van der Waals surface area contributed by atoms with Crippen LogP contribution in [0.5, 0.6) is 23.0 Å².